The van der Waals surface area contributed by atoms with E-state index in [-0.39, 0.29) is 19.0 Å². The van der Waals surface area contributed by atoms with Gasteiger partial charge in [-0.25, -0.2) is 9.98 Å². The number of thiazole rings is 1. The molecule has 74 heavy (non-hydrogen) atoms. The predicted molar refractivity (Wildman–Crippen MR) is 324 cm³/mol. The van der Waals surface area contributed by atoms with Gasteiger partial charge < -0.3 is 50.6 Å². The number of carbonyl (C=O) groups is 3. The number of rotatable bonds is 23. The predicted octanol–water partition coefficient (Wildman–Crippen LogP) is 12.5. The Bertz CT molecular complexity index is 1660. The number of amides is 1. The standard InChI is InChI=1S/C18H21N3O2S.C13H27NO2.C10H24N2S.C6H13N.C3H5NO2.3C2H6.CH4O/c1-11(2)19-18-21-16(10-24-18)14-7-8-17(23-4)13-6-5-12(22-3)9-15(13)20-14;1-4-5-6-7-8-9-11(2)12(14-3)10-13(15)16;1-7-13-12(6)8-9(11-5)10(2,3)4;1-6-4-3-5-7(6)2;5-2-1-4-3-6;4*1-2/h5-6,8-11H,7H2,1-4H3,(H,19,21);11-12,14H,4-10H2,1-3H3,(H,15,16);9,11H,7-8H2,1-6H3;6H,3-5H2,1-2H3;2-3H,1H2,(H,4,6);3*1-2H3;2H,1H3/t;;9-;6-;;;;;/m..11...../s1. The molecule has 2 unspecified atom stereocenters. The molecule has 0 aliphatic carbocycles. The van der Waals surface area contributed by atoms with Crippen LogP contribution in [0.3, 0.4) is 0 Å². The van der Waals surface area contributed by atoms with E-state index in [1.165, 1.54) is 51.5 Å². The van der Waals surface area contributed by atoms with Crippen LogP contribution in [-0.4, -0.2) is 148 Å². The first kappa shape index (κ1) is 79.3. The van der Waals surface area contributed by atoms with Gasteiger partial charge in [-0.3, -0.25) is 13.9 Å². The van der Waals surface area contributed by atoms with Crippen molar-refractivity contribution >= 4 is 64.2 Å². The zero-order chi connectivity index (χ0) is 58.1. The molecule has 1 aromatic heterocycles. The average Bonchev–Trinajstić information content (AvgIpc) is 3.97. The summed E-state index contributed by atoms with van der Waals surface area (Å²) in [5.41, 5.74) is 3.94. The van der Waals surface area contributed by atoms with Gasteiger partial charge in [-0.1, -0.05) is 127 Å². The van der Waals surface area contributed by atoms with Crippen molar-refractivity contribution in [3.8, 4) is 5.75 Å². The van der Waals surface area contributed by atoms with E-state index in [9.17, 15) is 14.4 Å². The van der Waals surface area contributed by atoms with Crippen LogP contribution in [0.2, 0.25) is 0 Å². The number of aliphatic hydroxyl groups is 1. The number of methoxy groups -OCH3 is 2. The zero-order valence-corrected chi connectivity index (χ0v) is 52.5. The molecule has 2 aromatic rings. The van der Waals surface area contributed by atoms with Crippen LogP contribution < -0.4 is 26.0 Å². The summed E-state index contributed by atoms with van der Waals surface area (Å²) >= 11 is 3.48. The number of aromatic nitrogens is 1. The van der Waals surface area contributed by atoms with Crippen molar-refractivity contribution in [3.63, 3.8) is 0 Å². The monoisotopic (exact) mass is 1080 g/mol. The molecule has 1 amide bonds. The van der Waals surface area contributed by atoms with E-state index in [1.54, 1.807) is 25.6 Å². The van der Waals surface area contributed by atoms with Crippen LogP contribution in [0.1, 0.15) is 179 Å². The highest BCUT2D eigenvalue weighted by Gasteiger charge is 2.24. The highest BCUT2D eigenvalue weighted by Crippen LogP contribution is 2.35. The number of carbonyl (C=O) groups excluding carboxylic acids is 2. The molecule has 0 spiro atoms. The Labute approximate surface area is 461 Å². The molecule has 4 rings (SSSR count). The first-order valence-corrected chi connectivity index (χ1v) is 29.1. The summed E-state index contributed by atoms with van der Waals surface area (Å²) < 4.78 is 13.2. The first-order valence-electron chi connectivity index (χ1n) is 27.2. The number of benzene rings is 1. The number of nitrogens with zero attached hydrogens (tertiary/aromatic N) is 4. The molecule has 1 saturated heterocycles. The largest absolute Gasteiger partial charge is 0.497 e. The summed E-state index contributed by atoms with van der Waals surface area (Å²) in [6.07, 6.45) is 14.4. The molecule has 3 heterocycles. The number of aldehydes is 1. The number of nitrogens with one attached hydrogen (secondary N) is 4. The topological polar surface area (TPSA) is 190 Å². The number of allylic oxidation sites excluding steroid dienone is 1. The highest BCUT2D eigenvalue weighted by molar-refractivity contribution is 7.96. The van der Waals surface area contributed by atoms with E-state index in [4.69, 9.17) is 24.7 Å². The zero-order valence-electron chi connectivity index (χ0n) is 50.9. The third-order valence-electron chi connectivity index (χ3n) is 11.2. The number of aliphatic hydroxyl groups excluding tert-OH is 1. The van der Waals surface area contributed by atoms with E-state index in [1.807, 2.05) is 97.2 Å². The highest BCUT2D eigenvalue weighted by atomic mass is 32.2. The lowest BCUT2D eigenvalue weighted by Gasteiger charge is -2.33. The Morgan fingerprint density at radius 1 is 0.986 bits per heavy atom. The number of unbranched alkanes of at least 4 members (excludes halogenated alkanes) is 4. The second kappa shape index (κ2) is 52.8. The maximum atomic E-state index is 10.6. The Morgan fingerprint density at radius 2 is 1.61 bits per heavy atom. The fourth-order valence-corrected chi connectivity index (χ4v) is 8.61. The minimum atomic E-state index is -0.711. The fraction of sp³-hybridized carbons (Fsp3) is 0.737. The quantitative estimate of drug-likeness (QED) is 0.0350. The summed E-state index contributed by atoms with van der Waals surface area (Å²) in [7, 11) is 12.6. The molecule has 15 nitrogen and oxygen atoms in total. The number of carboxylic acid groups (broad SMARTS) is 1. The Morgan fingerprint density at radius 3 is 2.03 bits per heavy atom. The van der Waals surface area contributed by atoms with E-state index in [0.717, 1.165) is 71.2 Å². The van der Waals surface area contributed by atoms with Crippen LogP contribution in [-0.2, 0) is 19.1 Å². The van der Waals surface area contributed by atoms with Gasteiger partial charge in [0.15, 0.2) is 5.13 Å². The van der Waals surface area contributed by atoms with E-state index < -0.39 is 5.97 Å². The van der Waals surface area contributed by atoms with E-state index >= 15 is 0 Å². The third-order valence-corrected chi connectivity index (χ3v) is 12.8. The SMILES string of the molecule is CC.CC.CC.CCCCCCCC(C)C(CC(=O)O)NC.CCSN(C)C[C@@H](NC)C(C)(C)C.CO.COC1=CCC(c2csc(NC(C)C)n2)=Nc2cc(OC)ccc21.C[C@@H]1CCCN1C.O=CCNC=O. The van der Waals surface area contributed by atoms with Crippen molar-refractivity contribution in [1.29, 1.82) is 0 Å². The molecule has 17 heteroatoms. The summed E-state index contributed by atoms with van der Waals surface area (Å²) in [6.45, 7) is 34.4. The maximum Gasteiger partial charge on any atom is 0.304 e. The van der Waals surface area contributed by atoms with Crippen LogP contribution >= 0.6 is 23.3 Å². The Hall–Kier alpha value is -3.58. The second-order valence-corrected chi connectivity index (χ2v) is 20.3. The molecular formula is C57H112N8O7S2. The van der Waals surface area contributed by atoms with Crippen LogP contribution in [0.15, 0.2) is 34.6 Å². The number of hydrogen-bond donors (Lipinski definition) is 6. The van der Waals surface area contributed by atoms with Gasteiger partial charge in [0, 0.05) is 67.0 Å². The first-order chi connectivity index (χ1) is 35.3. The molecule has 1 aromatic carbocycles. The van der Waals surface area contributed by atoms with Gasteiger partial charge in [-0.05, 0) is 104 Å². The lowest BCUT2D eigenvalue weighted by Crippen LogP contribution is -2.44. The Kier molecular flexibility index (Phi) is 56.6. The molecule has 1 fully saturated rings. The number of aliphatic imine (C=N–C) groups is 1. The number of ether oxygens (including phenoxy) is 2. The van der Waals surface area contributed by atoms with Crippen LogP contribution in [0, 0.1) is 11.3 Å². The van der Waals surface area contributed by atoms with Crippen LogP contribution in [0.4, 0.5) is 10.8 Å². The van der Waals surface area contributed by atoms with Crippen molar-refractivity contribution in [3.05, 3.63) is 40.9 Å². The van der Waals surface area contributed by atoms with Gasteiger partial charge in [0.2, 0.25) is 6.41 Å². The maximum absolute atomic E-state index is 10.6. The summed E-state index contributed by atoms with van der Waals surface area (Å²) in [4.78, 5) is 41.2. The van der Waals surface area contributed by atoms with Gasteiger partial charge in [0.05, 0.1) is 44.3 Å². The van der Waals surface area contributed by atoms with Crippen molar-refractivity contribution in [2.24, 2.45) is 16.3 Å². The van der Waals surface area contributed by atoms with Gasteiger partial charge in [-0.2, -0.15) is 0 Å². The number of likely N-dealkylation sites (tertiary alicyclic amines) is 1. The summed E-state index contributed by atoms with van der Waals surface area (Å²) in [5, 5.41) is 30.7. The molecule has 6 N–H and O–H groups in total. The van der Waals surface area contributed by atoms with E-state index in [0.29, 0.717) is 42.5 Å². The van der Waals surface area contributed by atoms with Gasteiger partial charge in [0.25, 0.3) is 0 Å². The summed E-state index contributed by atoms with van der Waals surface area (Å²) in [6, 6.07) is 7.68. The lowest BCUT2D eigenvalue weighted by atomic mass is 9.87. The van der Waals surface area contributed by atoms with Crippen molar-refractivity contribution in [2.45, 2.75) is 192 Å². The average molecular weight is 1090 g/mol. The van der Waals surface area contributed by atoms with Gasteiger partial charge >= 0.3 is 5.97 Å². The van der Waals surface area contributed by atoms with Crippen molar-refractivity contribution in [1.82, 2.24) is 30.1 Å². The molecule has 0 bridgehead atoms. The summed E-state index contributed by atoms with van der Waals surface area (Å²) in [5.74, 6) is 2.48. The number of fused-ring (bicyclic) bond motifs is 1. The molecule has 4 atom stereocenters. The molecular weight excluding hydrogens is 973 g/mol. The number of aliphatic carboxylic acids is 1. The second-order valence-electron chi connectivity index (χ2n) is 18.0. The molecule has 0 saturated carbocycles. The van der Waals surface area contributed by atoms with Gasteiger partial charge in [-0.15, -0.1) is 11.3 Å². The van der Waals surface area contributed by atoms with Crippen molar-refractivity contribution < 1.29 is 34.1 Å². The molecule has 2 aliphatic heterocycles. The van der Waals surface area contributed by atoms with Gasteiger partial charge in [0.1, 0.15) is 17.8 Å². The smallest absolute Gasteiger partial charge is 0.304 e. The molecule has 2 aliphatic rings. The van der Waals surface area contributed by atoms with Crippen LogP contribution in [0.25, 0.3) is 5.76 Å². The molecule has 434 valence electrons. The number of carboxylic acids is 1. The third kappa shape index (κ3) is 39.8. The fourth-order valence-electron chi connectivity index (χ4n) is 7.05. The minimum Gasteiger partial charge on any atom is -0.497 e. The van der Waals surface area contributed by atoms with E-state index in [2.05, 4.69) is 112 Å². The number of hydrogen-bond acceptors (Lipinski definition) is 15. The Balaban J connectivity index is -0.000000278. The van der Waals surface area contributed by atoms with Crippen LogP contribution in [0.5, 0.6) is 5.75 Å². The minimum absolute atomic E-state index is 0.115. The normalized spacial score (nSPS) is 14.4. The number of anilines is 1. The lowest BCUT2D eigenvalue weighted by molar-refractivity contribution is -0.137. The number of likely N-dealkylation sites (N-methyl/N-ethyl adjacent to an activating group) is 2. The van der Waals surface area contributed by atoms with Crippen molar-refractivity contribution in [2.75, 3.05) is 80.2 Å². The molecule has 0 radical (unpaired) electrons.